The molecule has 1 amide bonds. The van der Waals surface area contributed by atoms with Crippen molar-refractivity contribution < 1.29 is 26.4 Å². The van der Waals surface area contributed by atoms with Gasteiger partial charge in [-0.05, 0) is 49.4 Å². The minimum atomic E-state index is -4.71. The molecule has 0 fully saturated rings. The molecule has 5 nitrogen and oxygen atoms in total. The van der Waals surface area contributed by atoms with Crippen LogP contribution in [0.25, 0.3) is 0 Å². The van der Waals surface area contributed by atoms with E-state index in [1.807, 2.05) is 0 Å². The third-order valence-corrected chi connectivity index (χ3v) is 6.91. The number of benzene rings is 3. The summed E-state index contributed by atoms with van der Waals surface area (Å²) in [6.07, 6.45) is -4.71. The van der Waals surface area contributed by atoms with Crippen molar-refractivity contribution in [1.29, 1.82) is 0 Å². The normalized spacial score (nSPS) is 11.8. The fraction of sp³-hybridized carbons (Fsp3) is 0.136. The highest BCUT2D eigenvalue weighted by Gasteiger charge is 2.34. The molecule has 0 aromatic heterocycles. The van der Waals surface area contributed by atoms with Crippen molar-refractivity contribution in [3.05, 3.63) is 87.9 Å². The number of para-hydroxylation sites is 1. The summed E-state index contributed by atoms with van der Waals surface area (Å²) in [7, 11) is -4.33. The van der Waals surface area contributed by atoms with Gasteiger partial charge in [-0.2, -0.15) is 13.2 Å². The third-order valence-electron chi connectivity index (χ3n) is 4.58. The number of anilines is 2. The van der Waals surface area contributed by atoms with Crippen LogP contribution in [0.5, 0.6) is 0 Å². The monoisotopic (exact) mass is 516 g/mol. The van der Waals surface area contributed by atoms with Crippen molar-refractivity contribution in [2.75, 3.05) is 16.2 Å². The summed E-state index contributed by atoms with van der Waals surface area (Å²) < 4.78 is 67.3. The van der Waals surface area contributed by atoms with E-state index in [9.17, 15) is 26.4 Å². The summed E-state index contributed by atoms with van der Waals surface area (Å²) in [5.41, 5.74) is -0.848. The number of hydrogen-bond acceptors (Lipinski definition) is 3. The van der Waals surface area contributed by atoms with Crippen LogP contribution < -0.4 is 9.62 Å². The van der Waals surface area contributed by atoms with Gasteiger partial charge >= 0.3 is 6.18 Å². The number of nitrogens with zero attached hydrogens (tertiary/aromatic N) is 1. The van der Waals surface area contributed by atoms with E-state index in [4.69, 9.17) is 23.2 Å². The Morgan fingerprint density at radius 3 is 2.27 bits per heavy atom. The van der Waals surface area contributed by atoms with Crippen molar-refractivity contribution in [2.24, 2.45) is 0 Å². The van der Waals surface area contributed by atoms with Crippen LogP contribution in [0.15, 0.2) is 71.6 Å². The summed E-state index contributed by atoms with van der Waals surface area (Å²) >= 11 is 12.2. The number of carbonyl (C=O) groups excluding carboxylic acids is 1. The Balaban J connectivity index is 2.02. The lowest BCUT2D eigenvalue weighted by Gasteiger charge is -2.25. The minimum Gasteiger partial charge on any atom is -0.324 e. The van der Waals surface area contributed by atoms with Gasteiger partial charge in [0.2, 0.25) is 5.91 Å². The Morgan fingerprint density at radius 2 is 1.64 bits per heavy atom. The topological polar surface area (TPSA) is 66.5 Å². The molecule has 0 saturated heterocycles. The van der Waals surface area contributed by atoms with Crippen LogP contribution in [-0.4, -0.2) is 20.9 Å². The fourth-order valence-electron chi connectivity index (χ4n) is 2.97. The maximum Gasteiger partial charge on any atom is 0.418 e. The molecule has 0 heterocycles. The van der Waals surface area contributed by atoms with Gasteiger partial charge in [-0.25, -0.2) is 8.42 Å². The zero-order valence-electron chi connectivity index (χ0n) is 17.0. The fourth-order valence-corrected chi connectivity index (χ4v) is 4.84. The molecule has 0 unspecified atom stereocenters. The number of halogens is 5. The van der Waals surface area contributed by atoms with Crippen LogP contribution in [-0.2, 0) is 21.0 Å². The van der Waals surface area contributed by atoms with Gasteiger partial charge in [0, 0.05) is 5.02 Å². The Morgan fingerprint density at radius 1 is 1.00 bits per heavy atom. The molecule has 11 heteroatoms. The molecule has 0 radical (unpaired) electrons. The number of sulfonamides is 1. The Labute approximate surface area is 198 Å². The molecule has 3 aromatic carbocycles. The predicted molar refractivity (Wildman–Crippen MR) is 122 cm³/mol. The number of nitrogens with one attached hydrogen (secondary N) is 1. The molecule has 0 saturated carbocycles. The summed E-state index contributed by atoms with van der Waals surface area (Å²) in [6, 6.07) is 14.3. The maximum absolute atomic E-state index is 13.4. The summed E-state index contributed by atoms with van der Waals surface area (Å²) in [5, 5.41) is 2.28. The van der Waals surface area contributed by atoms with Gasteiger partial charge in [-0.3, -0.25) is 9.10 Å². The molecule has 0 aliphatic carbocycles. The molecule has 174 valence electrons. The first kappa shape index (κ1) is 24.9. The van der Waals surface area contributed by atoms with Gasteiger partial charge in [-0.1, -0.05) is 53.0 Å². The molecular formula is C22H17Cl2F3N2O3S. The molecule has 0 atom stereocenters. The maximum atomic E-state index is 13.4. The minimum absolute atomic E-state index is 0.0152. The highest BCUT2D eigenvalue weighted by atomic mass is 35.5. The smallest absolute Gasteiger partial charge is 0.324 e. The largest absolute Gasteiger partial charge is 0.418 e. The molecule has 3 aromatic rings. The molecular weight excluding hydrogens is 500 g/mol. The van der Waals surface area contributed by atoms with Crippen molar-refractivity contribution in [1.82, 2.24) is 0 Å². The zero-order chi connectivity index (χ0) is 24.4. The van der Waals surface area contributed by atoms with Crippen molar-refractivity contribution >= 4 is 50.5 Å². The second kappa shape index (κ2) is 9.62. The lowest BCUT2D eigenvalue weighted by atomic mass is 10.1. The van der Waals surface area contributed by atoms with Crippen LogP contribution in [0.4, 0.5) is 24.5 Å². The average molecular weight is 517 g/mol. The lowest BCUT2D eigenvalue weighted by Crippen LogP contribution is -2.38. The van der Waals surface area contributed by atoms with Crippen molar-refractivity contribution in [3.8, 4) is 0 Å². The number of hydrogen-bond donors (Lipinski definition) is 1. The van der Waals surface area contributed by atoms with Crippen LogP contribution in [0.3, 0.4) is 0 Å². The number of carbonyl (C=O) groups is 1. The summed E-state index contributed by atoms with van der Waals surface area (Å²) in [5.74, 6) is -1.00. The molecule has 0 bridgehead atoms. The van der Waals surface area contributed by atoms with Crippen LogP contribution in [0.1, 0.15) is 11.1 Å². The van der Waals surface area contributed by atoms with E-state index in [1.165, 1.54) is 42.5 Å². The van der Waals surface area contributed by atoms with Gasteiger partial charge in [0.15, 0.2) is 0 Å². The van der Waals surface area contributed by atoms with Crippen LogP contribution >= 0.6 is 23.2 Å². The van der Waals surface area contributed by atoms with E-state index < -0.39 is 39.9 Å². The van der Waals surface area contributed by atoms with Gasteiger partial charge in [0.1, 0.15) is 6.54 Å². The molecule has 0 aliphatic rings. The van der Waals surface area contributed by atoms with Gasteiger partial charge in [0.05, 0.1) is 26.9 Å². The van der Waals surface area contributed by atoms with E-state index in [1.54, 1.807) is 19.1 Å². The number of aryl methyl sites for hydroxylation is 1. The van der Waals surface area contributed by atoms with E-state index in [0.29, 0.717) is 4.31 Å². The average Bonchev–Trinajstić information content (AvgIpc) is 2.74. The third kappa shape index (κ3) is 5.79. The number of rotatable bonds is 6. The molecule has 1 N–H and O–H groups in total. The van der Waals surface area contributed by atoms with E-state index in [0.717, 1.165) is 17.7 Å². The zero-order valence-corrected chi connectivity index (χ0v) is 19.4. The van der Waals surface area contributed by atoms with Gasteiger partial charge in [-0.15, -0.1) is 0 Å². The Kier molecular flexibility index (Phi) is 7.26. The van der Waals surface area contributed by atoms with E-state index in [-0.39, 0.29) is 20.6 Å². The van der Waals surface area contributed by atoms with Gasteiger partial charge in [0.25, 0.3) is 10.0 Å². The van der Waals surface area contributed by atoms with Crippen molar-refractivity contribution in [2.45, 2.75) is 18.0 Å². The van der Waals surface area contributed by atoms with Gasteiger partial charge < -0.3 is 5.32 Å². The first-order valence-electron chi connectivity index (χ1n) is 9.40. The second-order valence-electron chi connectivity index (χ2n) is 7.01. The number of amides is 1. The van der Waals surface area contributed by atoms with Crippen LogP contribution in [0, 0.1) is 6.92 Å². The highest BCUT2D eigenvalue weighted by Crippen LogP contribution is 2.35. The first-order chi connectivity index (χ1) is 15.4. The molecule has 0 aliphatic heterocycles. The standard InChI is InChI=1S/C22H17Cl2F3N2O3S/c1-14-6-9-16(10-7-14)33(31,32)29(20-12-15(23)8-11-18(20)24)13-21(30)28-19-5-3-2-4-17(19)22(25,26)27/h2-12H,13H2,1H3,(H,28,30). The molecule has 33 heavy (non-hydrogen) atoms. The highest BCUT2D eigenvalue weighted by molar-refractivity contribution is 7.92. The Bertz CT molecular complexity index is 1280. The van der Waals surface area contributed by atoms with Crippen LogP contribution in [0.2, 0.25) is 10.0 Å². The van der Waals surface area contributed by atoms with E-state index in [2.05, 4.69) is 5.32 Å². The Hall–Kier alpha value is -2.75. The van der Waals surface area contributed by atoms with E-state index >= 15 is 0 Å². The lowest BCUT2D eigenvalue weighted by molar-refractivity contribution is -0.137. The first-order valence-corrected chi connectivity index (χ1v) is 11.6. The quantitative estimate of drug-likeness (QED) is 0.426. The second-order valence-corrected chi connectivity index (χ2v) is 9.72. The molecule has 3 rings (SSSR count). The van der Waals surface area contributed by atoms with Crippen molar-refractivity contribution in [3.63, 3.8) is 0 Å². The summed E-state index contributed by atoms with van der Waals surface area (Å²) in [4.78, 5) is 12.6. The SMILES string of the molecule is Cc1ccc(S(=O)(=O)N(CC(=O)Nc2ccccc2C(F)(F)F)c2cc(Cl)ccc2Cl)cc1. The predicted octanol–water partition coefficient (Wildman–Crippen LogP) is 6.15. The summed E-state index contributed by atoms with van der Waals surface area (Å²) in [6.45, 7) is 0.927. The molecule has 0 spiro atoms. The number of alkyl halides is 3.